The summed E-state index contributed by atoms with van der Waals surface area (Å²) in [4.78, 5) is 22.3. The molecular formula is C19H25N3O2. The summed E-state index contributed by atoms with van der Waals surface area (Å²) in [5, 5.41) is 10.0. The van der Waals surface area contributed by atoms with Crippen LogP contribution in [0.1, 0.15) is 49.0 Å². The first-order valence-corrected chi connectivity index (χ1v) is 8.37. The van der Waals surface area contributed by atoms with Crippen molar-refractivity contribution in [3.05, 3.63) is 56.8 Å². The van der Waals surface area contributed by atoms with E-state index in [1.165, 1.54) is 0 Å². The van der Waals surface area contributed by atoms with E-state index in [-0.39, 0.29) is 11.0 Å². The second-order valence-electron chi connectivity index (χ2n) is 7.68. The molecular weight excluding hydrogens is 302 g/mol. The topological polar surface area (TPSA) is 69.2 Å². The molecule has 3 rings (SSSR count). The summed E-state index contributed by atoms with van der Waals surface area (Å²) in [5.41, 5.74) is 3.47. The van der Waals surface area contributed by atoms with Crippen molar-refractivity contribution in [2.24, 2.45) is 0 Å². The van der Waals surface area contributed by atoms with Crippen LogP contribution in [0, 0.1) is 6.92 Å². The first kappa shape index (κ1) is 16.7. The number of benzene rings is 1. The third-order valence-corrected chi connectivity index (χ3v) is 4.49. The number of fused-ring (bicyclic) bond motifs is 1. The highest BCUT2D eigenvalue weighted by Gasteiger charge is 2.25. The minimum absolute atomic E-state index is 0.0388. The van der Waals surface area contributed by atoms with Crippen LogP contribution in [0.15, 0.2) is 23.0 Å². The quantitative estimate of drug-likeness (QED) is 0.890. The molecule has 5 heteroatoms. The predicted octanol–water partition coefficient (Wildman–Crippen LogP) is 2.64. The fourth-order valence-electron chi connectivity index (χ4n) is 3.05. The SMILES string of the molecule is Cc1ccc(O)c(CN2CCc3nc(C(C)(C)C)[nH]c(=O)c3C2)c1. The number of H-pyrrole nitrogens is 1. The van der Waals surface area contributed by atoms with Crippen molar-refractivity contribution in [2.75, 3.05) is 6.54 Å². The molecule has 2 heterocycles. The standard InChI is InChI=1S/C19H25N3O2/c1-12-5-6-16(23)13(9-12)10-22-8-7-15-14(11-22)17(24)21-18(20-15)19(2,3)4/h5-6,9,23H,7-8,10-11H2,1-4H3,(H,20,21,24). The van der Waals surface area contributed by atoms with Crippen molar-refractivity contribution < 1.29 is 5.11 Å². The van der Waals surface area contributed by atoms with Crippen LogP contribution in [0.4, 0.5) is 0 Å². The lowest BCUT2D eigenvalue weighted by Crippen LogP contribution is -2.37. The molecule has 0 radical (unpaired) electrons. The lowest BCUT2D eigenvalue weighted by atomic mass is 9.95. The van der Waals surface area contributed by atoms with Gasteiger partial charge in [0.15, 0.2) is 0 Å². The Kier molecular flexibility index (Phi) is 4.22. The van der Waals surface area contributed by atoms with E-state index in [9.17, 15) is 9.90 Å². The van der Waals surface area contributed by atoms with Crippen LogP contribution in [0.5, 0.6) is 5.75 Å². The molecule has 0 saturated carbocycles. The van der Waals surface area contributed by atoms with Crippen LogP contribution >= 0.6 is 0 Å². The normalized spacial score (nSPS) is 15.3. The summed E-state index contributed by atoms with van der Waals surface area (Å²) in [7, 11) is 0. The van der Waals surface area contributed by atoms with Crippen LogP contribution in [0.25, 0.3) is 0 Å². The predicted molar refractivity (Wildman–Crippen MR) is 94.2 cm³/mol. The molecule has 0 saturated heterocycles. The summed E-state index contributed by atoms with van der Waals surface area (Å²) in [6, 6.07) is 5.62. The summed E-state index contributed by atoms with van der Waals surface area (Å²) in [6.07, 6.45) is 0.759. The Bertz CT molecular complexity index is 818. The van der Waals surface area contributed by atoms with Crippen molar-refractivity contribution in [3.63, 3.8) is 0 Å². The number of nitrogens with zero attached hydrogens (tertiary/aromatic N) is 2. The largest absolute Gasteiger partial charge is 0.508 e. The summed E-state index contributed by atoms with van der Waals surface area (Å²) >= 11 is 0. The lowest BCUT2D eigenvalue weighted by Gasteiger charge is -2.29. The molecule has 0 atom stereocenters. The van der Waals surface area contributed by atoms with Gasteiger partial charge in [0.2, 0.25) is 0 Å². The number of phenolic OH excluding ortho intramolecular Hbond substituents is 1. The van der Waals surface area contributed by atoms with Crippen LogP contribution in [0.3, 0.4) is 0 Å². The van der Waals surface area contributed by atoms with E-state index in [1.54, 1.807) is 6.07 Å². The zero-order valence-electron chi connectivity index (χ0n) is 14.8. The number of aromatic amines is 1. The third-order valence-electron chi connectivity index (χ3n) is 4.49. The Hall–Kier alpha value is -2.14. The first-order valence-electron chi connectivity index (χ1n) is 8.37. The number of hydrogen-bond acceptors (Lipinski definition) is 4. The maximum Gasteiger partial charge on any atom is 0.255 e. The van der Waals surface area contributed by atoms with Crippen molar-refractivity contribution in [2.45, 2.75) is 52.6 Å². The van der Waals surface area contributed by atoms with E-state index < -0.39 is 0 Å². The molecule has 2 aromatic rings. The Morgan fingerprint density at radius 2 is 2.08 bits per heavy atom. The van der Waals surface area contributed by atoms with Gasteiger partial charge in [-0.3, -0.25) is 9.69 Å². The van der Waals surface area contributed by atoms with Gasteiger partial charge in [0.25, 0.3) is 5.56 Å². The van der Waals surface area contributed by atoms with Gasteiger partial charge in [0, 0.05) is 37.0 Å². The van der Waals surface area contributed by atoms with Crippen LogP contribution < -0.4 is 5.56 Å². The average Bonchev–Trinajstić information content (AvgIpc) is 2.50. The molecule has 2 N–H and O–H groups in total. The van der Waals surface area contributed by atoms with Gasteiger partial charge in [-0.15, -0.1) is 0 Å². The van der Waals surface area contributed by atoms with Gasteiger partial charge >= 0.3 is 0 Å². The van der Waals surface area contributed by atoms with Crippen LogP contribution in [0.2, 0.25) is 0 Å². The van der Waals surface area contributed by atoms with Crippen molar-refractivity contribution in [3.8, 4) is 5.75 Å². The van der Waals surface area contributed by atoms with Gasteiger partial charge in [0.05, 0.1) is 11.3 Å². The van der Waals surface area contributed by atoms with Crippen molar-refractivity contribution in [1.82, 2.24) is 14.9 Å². The molecule has 0 unspecified atom stereocenters. The highest BCUT2D eigenvalue weighted by molar-refractivity contribution is 5.36. The number of aryl methyl sites for hydroxylation is 1. The number of nitrogens with one attached hydrogen (secondary N) is 1. The molecule has 1 aliphatic rings. The minimum Gasteiger partial charge on any atom is -0.508 e. The summed E-state index contributed by atoms with van der Waals surface area (Å²) in [6.45, 7) is 10.2. The Labute approximate surface area is 142 Å². The van der Waals surface area contributed by atoms with Crippen LogP contribution in [-0.4, -0.2) is 26.5 Å². The third kappa shape index (κ3) is 3.36. The highest BCUT2D eigenvalue weighted by Crippen LogP contribution is 2.24. The second-order valence-corrected chi connectivity index (χ2v) is 7.68. The molecule has 24 heavy (non-hydrogen) atoms. The molecule has 0 fully saturated rings. The fraction of sp³-hybridized carbons (Fsp3) is 0.474. The average molecular weight is 327 g/mol. The highest BCUT2D eigenvalue weighted by atomic mass is 16.3. The zero-order chi connectivity index (χ0) is 17.5. The number of phenols is 1. The van der Waals surface area contributed by atoms with E-state index in [1.807, 2.05) is 39.8 Å². The molecule has 0 amide bonds. The van der Waals surface area contributed by atoms with Gasteiger partial charge in [-0.2, -0.15) is 0 Å². The molecule has 128 valence electrons. The number of aromatic hydroxyl groups is 1. The Morgan fingerprint density at radius 3 is 2.79 bits per heavy atom. The molecule has 0 bridgehead atoms. The molecule has 5 nitrogen and oxygen atoms in total. The number of hydrogen-bond donors (Lipinski definition) is 2. The van der Waals surface area contributed by atoms with E-state index in [2.05, 4.69) is 14.9 Å². The monoisotopic (exact) mass is 327 g/mol. The molecule has 1 aromatic carbocycles. The smallest absolute Gasteiger partial charge is 0.255 e. The Morgan fingerprint density at radius 1 is 1.33 bits per heavy atom. The van der Waals surface area contributed by atoms with Gasteiger partial charge in [-0.25, -0.2) is 4.98 Å². The van der Waals surface area contributed by atoms with E-state index in [0.29, 0.717) is 18.8 Å². The first-order chi connectivity index (χ1) is 11.2. The zero-order valence-corrected chi connectivity index (χ0v) is 14.8. The van der Waals surface area contributed by atoms with Gasteiger partial charge in [-0.05, 0) is 13.0 Å². The van der Waals surface area contributed by atoms with E-state index in [4.69, 9.17) is 0 Å². The van der Waals surface area contributed by atoms with Crippen molar-refractivity contribution >= 4 is 0 Å². The summed E-state index contributed by atoms with van der Waals surface area (Å²) < 4.78 is 0. The molecule has 0 aliphatic carbocycles. The van der Waals surface area contributed by atoms with Crippen molar-refractivity contribution in [1.29, 1.82) is 0 Å². The fourth-order valence-corrected chi connectivity index (χ4v) is 3.05. The lowest BCUT2D eigenvalue weighted by molar-refractivity contribution is 0.238. The van der Waals surface area contributed by atoms with Gasteiger partial charge in [-0.1, -0.05) is 38.5 Å². The van der Waals surface area contributed by atoms with Crippen LogP contribution in [-0.2, 0) is 24.9 Å². The molecule has 1 aliphatic heterocycles. The maximum atomic E-state index is 12.5. The molecule has 0 spiro atoms. The van der Waals surface area contributed by atoms with Gasteiger partial charge < -0.3 is 10.1 Å². The number of aromatic nitrogens is 2. The second kappa shape index (κ2) is 6.06. The Balaban J connectivity index is 1.85. The molecule has 1 aromatic heterocycles. The maximum absolute atomic E-state index is 12.5. The number of rotatable bonds is 2. The van der Waals surface area contributed by atoms with E-state index in [0.717, 1.165) is 41.2 Å². The summed E-state index contributed by atoms with van der Waals surface area (Å²) in [5.74, 6) is 1.05. The van der Waals surface area contributed by atoms with E-state index >= 15 is 0 Å². The van der Waals surface area contributed by atoms with Gasteiger partial charge in [0.1, 0.15) is 11.6 Å². The minimum atomic E-state index is -0.168.